The summed E-state index contributed by atoms with van der Waals surface area (Å²) < 4.78 is 1.92. The molecule has 3 nitrogen and oxygen atoms in total. The van der Waals surface area contributed by atoms with Crippen molar-refractivity contribution in [1.82, 2.24) is 14.8 Å². The van der Waals surface area contributed by atoms with Crippen LogP contribution in [0.2, 0.25) is 0 Å². The molecule has 53 valence electrons. The Morgan fingerprint density at radius 2 is 2.50 bits per heavy atom. The van der Waals surface area contributed by atoms with E-state index in [9.17, 15) is 0 Å². The van der Waals surface area contributed by atoms with Gasteiger partial charge in [0.1, 0.15) is 12.7 Å². The van der Waals surface area contributed by atoms with Gasteiger partial charge < -0.3 is 0 Å². The lowest BCUT2D eigenvalue weighted by molar-refractivity contribution is 0.519. The molecule has 1 heterocycles. The van der Waals surface area contributed by atoms with Crippen LogP contribution in [-0.4, -0.2) is 14.8 Å². The Labute approximate surface area is 60.1 Å². The fraction of sp³-hybridized carbons (Fsp3) is 0.571. The molecule has 1 aromatic heterocycles. The van der Waals surface area contributed by atoms with Crippen molar-refractivity contribution in [3.8, 4) is 0 Å². The van der Waals surface area contributed by atoms with Crippen molar-refractivity contribution < 1.29 is 0 Å². The van der Waals surface area contributed by atoms with Crippen LogP contribution in [0.15, 0.2) is 12.7 Å². The molecule has 1 unspecified atom stereocenters. The van der Waals surface area contributed by atoms with Gasteiger partial charge >= 0.3 is 0 Å². The third kappa shape index (κ3) is 0.916. The summed E-state index contributed by atoms with van der Waals surface area (Å²) in [6.07, 6.45) is 9.42. The molecule has 0 N–H and O–H groups in total. The van der Waals surface area contributed by atoms with Crippen molar-refractivity contribution in [1.29, 1.82) is 0 Å². The maximum absolute atomic E-state index is 4.07. The molecule has 0 aliphatic heterocycles. The van der Waals surface area contributed by atoms with E-state index in [0.717, 1.165) is 0 Å². The quantitative estimate of drug-likeness (QED) is 0.581. The van der Waals surface area contributed by atoms with Crippen molar-refractivity contribution in [2.24, 2.45) is 0 Å². The van der Waals surface area contributed by atoms with Gasteiger partial charge in [-0.25, -0.2) is 9.67 Å². The maximum atomic E-state index is 4.07. The molecule has 10 heavy (non-hydrogen) atoms. The molecule has 1 radical (unpaired) electrons. The van der Waals surface area contributed by atoms with E-state index in [1.807, 2.05) is 4.68 Å². The number of aromatic nitrogens is 3. The molecule has 1 aromatic rings. The first-order valence-corrected chi connectivity index (χ1v) is 3.64. The number of rotatable bonds is 1. The highest BCUT2D eigenvalue weighted by molar-refractivity contribution is 4.87. The smallest absolute Gasteiger partial charge is 0.137 e. The summed E-state index contributed by atoms with van der Waals surface area (Å²) in [4.78, 5) is 3.90. The van der Waals surface area contributed by atoms with Crippen molar-refractivity contribution in [3.63, 3.8) is 0 Å². The average molecular weight is 136 g/mol. The van der Waals surface area contributed by atoms with Gasteiger partial charge in [0.05, 0.1) is 6.04 Å². The van der Waals surface area contributed by atoms with Gasteiger partial charge in [0.25, 0.3) is 0 Å². The molecule has 0 spiro atoms. The monoisotopic (exact) mass is 136 g/mol. The molecular formula is C7H10N3. The molecule has 0 aromatic carbocycles. The second-order valence-corrected chi connectivity index (χ2v) is 2.61. The van der Waals surface area contributed by atoms with Crippen LogP contribution in [-0.2, 0) is 0 Å². The topological polar surface area (TPSA) is 30.7 Å². The SMILES string of the molecule is [CH]1CCCC1n1cncn1. The summed E-state index contributed by atoms with van der Waals surface area (Å²) in [5, 5.41) is 4.07. The normalized spacial score (nSPS) is 20.0. The van der Waals surface area contributed by atoms with E-state index in [2.05, 4.69) is 16.5 Å². The van der Waals surface area contributed by atoms with Crippen molar-refractivity contribution in [3.05, 3.63) is 19.1 Å². The van der Waals surface area contributed by atoms with Crippen molar-refractivity contribution in [2.75, 3.05) is 0 Å². The fourth-order valence-electron chi connectivity index (χ4n) is 1.38. The van der Waals surface area contributed by atoms with Crippen molar-refractivity contribution in [2.45, 2.75) is 25.3 Å². The standard InChI is InChI=1S/C7H10N3/c1-2-4-7(3-1)10-6-8-5-9-10/h3,5-7H,1-2,4H2. The van der Waals surface area contributed by atoms with Crippen LogP contribution in [0, 0.1) is 6.42 Å². The Morgan fingerprint density at radius 1 is 1.50 bits per heavy atom. The van der Waals surface area contributed by atoms with E-state index in [0.29, 0.717) is 6.04 Å². The Kier molecular flexibility index (Phi) is 1.42. The third-order valence-electron chi connectivity index (χ3n) is 1.92. The highest BCUT2D eigenvalue weighted by Crippen LogP contribution is 2.26. The van der Waals surface area contributed by atoms with E-state index in [1.54, 1.807) is 12.7 Å². The molecule has 1 aliphatic carbocycles. The summed E-state index contributed by atoms with van der Waals surface area (Å²) >= 11 is 0. The zero-order valence-corrected chi connectivity index (χ0v) is 5.77. The van der Waals surface area contributed by atoms with Gasteiger partial charge in [-0.15, -0.1) is 0 Å². The van der Waals surface area contributed by atoms with Gasteiger partial charge in [0, 0.05) is 0 Å². The molecule has 1 saturated carbocycles. The van der Waals surface area contributed by atoms with Crippen LogP contribution in [0.4, 0.5) is 0 Å². The van der Waals surface area contributed by atoms with Crippen LogP contribution < -0.4 is 0 Å². The number of hydrogen-bond acceptors (Lipinski definition) is 2. The molecule has 0 bridgehead atoms. The zero-order valence-electron chi connectivity index (χ0n) is 5.77. The first kappa shape index (κ1) is 5.89. The fourth-order valence-corrected chi connectivity index (χ4v) is 1.38. The van der Waals surface area contributed by atoms with E-state index in [1.165, 1.54) is 19.3 Å². The Balaban J connectivity index is 2.12. The summed E-state index contributed by atoms with van der Waals surface area (Å²) in [7, 11) is 0. The number of hydrogen-bond donors (Lipinski definition) is 0. The van der Waals surface area contributed by atoms with Crippen LogP contribution in [0.5, 0.6) is 0 Å². The van der Waals surface area contributed by atoms with Crippen molar-refractivity contribution >= 4 is 0 Å². The van der Waals surface area contributed by atoms with Gasteiger partial charge in [0.2, 0.25) is 0 Å². The summed E-state index contributed by atoms with van der Waals surface area (Å²) in [5.41, 5.74) is 0. The van der Waals surface area contributed by atoms with Crippen LogP contribution in [0.25, 0.3) is 0 Å². The third-order valence-corrected chi connectivity index (χ3v) is 1.92. The Bertz CT molecular complexity index is 187. The summed E-state index contributed by atoms with van der Waals surface area (Å²) in [6.45, 7) is 0. The maximum Gasteiger partial charge on any atom is 0.137 e. The van der Waals surface area contributed by atoms with E-state index in [-0.39, 0.29) is 0 Å². The van der Waals surface area contributed by atoms with Crippen LogP contribution in [0.3, 0.4) is 0 Å². The van der Waals surface area contributed by atoms with Crippen LogP contribution >= 0.6 is 0 Å². The lowest BCUT2D eigenvalue weighted by Gasteiger charge is -2.06. The second kappa shape index (κ2) is 2.40. The number of nitrogens with zero attached hydrogens (tertiary/aromatic N) is 3. The molecule has 1 atom stereocenters. The van der Waals surface area contributed by atoms with Gasteiger partial charge in [-0.2, -0.15) is 5.10 Å². The molecule has 1 aliphatic rings. The molecule has 0 saturated heterocycles. The van der Waals surface area contributed by atoms with Gasteiger partial charge in [-0.05, 0) is 19.3 Å². The van der Waals surface area contributed by atoms with Gasteiger partial charge in [0.15, 0.2) is 0 Å². The van der Waals surface area contributed by atoms with Gasteiger partial charge in [-0.3, -0.25) is 0 Å². The minimum atomic E-state index is 0.516. The molecule has 0 amide bonds. The minimum absolute atomic E-state index is 0.516. The average Bonchev–Trinajstić information content (AvgIpc) is 2.59. The van der Waals surface area contributed by atoms with E-state index < -0.39 is 0 Å². The highest BCUT2D eigenvalue weighted by Gasteiger charge is 2.16. The summed E-state index contributed by atoms with van der Waals surface area (Å²) in [6, 6.07) is 0.516. The lowest BCUT2D eigenvalue weighted by atomic mass is 10.3. The molecule has 1 fully saturated rings. The van der Waals surface area contributed by atoms with E-state index >= 15 is 0 Å². The van der Waals surface area contributed by atoms with E-state index in [4.69, 9.17) is 0 Å². The lowest BCUT2D eigenvalue weighted by Crippen LogP contribution is -2.04. The Hall–Kier alpha value is -0.860. The predicted octanol–water partition coefficient (Wildman–Crippen LogP) is 1.21. The second-order valence-electron chi connectivity index (χ2n) is 2.61. The minimum Gasteiger partial charge on any atom is -0.250 e. The van der Waals surface area contributed by atoms with Crippen LogP contribution in [0.1, 0.15) is 25.3 Å². The zero-order chi connectivity index (χ0) is 6.81. The summed E-state index contributed by atoms with van der Waals surface area (Å²) in [5.74, 6) is 0. The largest absolute Gasteiger partial charge is 0.250 e. The highest BCUT2D eigenvalue weighted by atomic mass is 15.3. The molecular weight excluding hydrogens is 126 g/mol. The van der Waals surface area contributed by atoms with Gasteiger partial charge in [-0.1, -0.05) is 6.42 Å². The first-order valence-electron chi connectivity index (χ1n) is 3.64. The Morgan fingerprint density at radius 3 is 3.10 bits per heavy atom. The first-order chi connectivity index (χ1) is 4.97. The molecule has 2 rings (SSSR count). The predicted molar refractivity (Wildman–Crippen MR) is 37.2 cm³/mol. The molecule has 3 heteroatoms.